The Hall–Kier alpha value is -4.33. The van der Waals surface area contributed by atoms with Crippen LogP contribution in [0, 0.1) is 0 Å². The van der Waals surface area contributed by atoms with Gasteiger partial charge in [-0.15, -0.1) is 0 Å². The van der Waals surface area contributed by atoms with E-state index < -0.39 is 0 Å². The topological polar surface area (TPSA) is 105 Å². The Morgan fingerprint density at radius 2 is 1.75 bits per heavy atom. The summed E-state index contributed by atoms with van der Waals surface area (Å²) in [6.07, 6.45) is 1.99. The molecule has 0 fully saturated rings. The van der Waals surface area contributed by atoms with Crippen molar-refractivity contribution in [1.29, 1.82) is 0 Å². The lowest BCUT2D eigenvalue weighted by molar-refractivity contribution is -0.115. The second-order valence-electron chi connectivity index (χ2n) is 8.37. The average Bonchev–Trinajstić information content (AvgIpc) is 3.33. The molecule has 0 bridgehead atoms. The number of amides is 2. The van der Waals surface area contributed by atoms with Gasteiger partial charge in [-0.1, -0.05) is 19.1 Å². The third-order valence-corrected chi connectivity index (χ3v) is 5.94. The van der Waals surface area contributed by atoms with Gasteiger partial charge in [0.15, 0.2) is 0 Å². The predicted octanol–water partition coefficient (Wildman–Crippen LogP) is 4.64. The second-order valence-corrected chi connectivity index (χ2v) is 8.37. The van der Waals surface area contributed by atoms with Gasteiger partial charge in [0.2, 0.25) is 5.91 Å². The van der Waals surface area contributed by atoms with E-state index in [1.807, 2.05) is 55.5 Å². The second kappa shape index (κ2) is 11.4. The summed E-state index contributed by atoms with van der Waals surface area (Å²) in [5.74, 6) is 2.03. The molecule has 3 aromatic carbocycles. The van der Waals surface area contributed by atoms with Gasteiger partial charge >= 0.3 is 0 Å². The Morgan fingerprint density at radius 1 is 0.944 bits per heavy atom. The molecule has 0 aliphatic carbocycles. The van der Waals surface area contributed by atoms with E-state index in [1.54, 1.807) is 26.4 Å². The van der Waals surface area contributed by atoms with Crippen molar-refractivity contribution in [1.82, 2.24) is 15.3 Å². The van der Waals surface area contributed by atoms with Crippen molar-refractivity contribution in [3.8, 4) is 11.5 Å². The molecule has 186 valence electrons. The minimum absolute atomic E-state index is 0.00136. The minimum atomic E-state index is -0.179. The third-order valence-electron chi connectivity index (χ3n) is 5.94. The summed E-state index contributed by atoms with van der Waals surface area (Å²) >= 11 is 0. The summed E-state index contributed by atoms with van der Waals surface area (Å²) in [6, 6.07) is 18.8. The molecule has 0 aliphatic rings. The first kappa shape index (κ1) is 24.8. The maximum Gasteiger partial charge on any atom is 0.251 e. The molecule has 4 rings (SSSR count). The van der Waals surface area contributed by atoms with Gasteiger partial charge in [0.25, 0.3) is 5.91 Å². The van der Waals surface area contributed by atoms with Gasteiger partial charge < -0.3 is 25.1 Å². The minimum Gasteiger partial charge on any atom is -0.497 e. The van der Waals surface area contributed by atoms with Crippen molar-refractivity contribution in [3.63, 3.8) is 0 Å². The molecule has 1 aromatic heterocycles. The maximum atomic E-state index is 12.8. The quantitative estimate of drug-likeness (QED) is 0.303. The molecule has 8 nitrogen and oxygen atoms in total. The predicted molar refractivity (Wildman–Crippen MR) is 140 cm³/mol. The van der Waals surface area contributed by atoms with E-state index in [0.29, 0.717) is 30.0 Å². The van der Waals surface area contributed by atoms with Crippen molar-refractivity contribution >= 4 is 28.5 Å². The number of nitrogens with one attached hydrogen (secondary N) is 3. The summed E-state index contributed by atoms with van der Waals surface area (Å²) in [4.78, 5) is 32.3. The van der Waals surface area contributed by atoms with E-state index in [-0.39, 0.29) is 11.8 Å². The zero-order valence-corrected chi connectivity index (χ0v) is 20.7. The summed E-state index contributed by atoms with van der Waals surface area (Å²) in [5, 5.41) is 5.80. The van der Waals surface area contributed by atoms with Crippen LogP contribution in [0.3, 0.4) is 0 Å². The SMILES string of the molecule is CCC(=O)Nc1ccc(CCc2nc3ccc(C(=O)NCc4ccc(OC)cc4OC)cc3[nH]2)cc1. The Labute approximate surface area is 210 Å². The molecular formula is C28H30N4O4. The Kier molecular flexibility index (Phi) is 7.85. The molecule has 3 N–H and O–H groups in total. The summed E-state index contributed by atoms with van der Waals surface area (Å²) in [7, 11) is 3.19. The Bertz CT molecular complexity index is 1360. The van der Waals surface area contributed by atoms with Crippen molar-refractivity contribution < 1.29 is 19.1 Å². The standard InChI is InChI=1S/C28H30N4O4/c1-4-27(33)30-21-10-5-18(6-11-21)7-14-26-31-23-13-9-19(15-24(23)32-26)28(34)29-17-20-8-12-22(35-2)16-25(20)36-3/h5-6,8-13,15-16H,4,7,14,17H2,1-3H3,(H,29,34)(H,30,33)(H,31,32). The molecule has 4 aromatic rings. The van der Waals surface area contributed by atoms with E-state index in [2.05, 4.69) is 20.6 Å². The van der Waals surface area contributed by atoms with Crippen molar-refractivity contribution in [2.24, 2.45) is 0 Å². The number of aromatic amines is 1. The first-order valence-electron chi connectivity index (χ1n) is 11.9. The highest BCUT2D eigenvalue weighted by Gasteiger charge is 2.11. The number of fused-ring (bicyclic) bond motifs is 1. The van der Waals surface area contributed by atoms with Crippen LogP contribution >= 0.6 is 0 Å². The van der Waals surface area contributed by atoms with Gasteiger partial charge in [0, 0.05) is 42.3 Å². The van der Waals surface area contributed by atoms with Gasteiger partial charge in [0.05, 0.1) is 25.3 Å². The van der Waals surface area contributed by atoms with Crippen LogP contribution in [-0.4, -0.2) is 36.0 Å². The number of carbonyl (C=O) groups is 2. The number of nitrogens with zero attached hydrogens (tertiary/aromatic N) is 1. The molecule has 0 saturated heterocycles. The maximum absolute atomic E-state index is 12.8. The first-order chi connectivity index (χ1) is 17.5. The summed E-state index contributed by atoms with van der Waals surface area (Å²) in [5.41, 5.74) is 4.99. The molecule has 2 amide bonds. The van der Waals surface area contributed by atoms with Crippen molar-refractivity contribution in [3.05, 3.63) is 83.2 Å². The number of imidazole rings is 1. The number of hydrogen-bond donors (Lipinski definition) is 3. The fourth-order valence-corrected chi connectivity index (χ4v) is 3.86. The molecule has 0 aliphatic heterocycles. The van der Waals surface area contributed by atoms with Gasteiger partial charge in [-0.3, -0.25) is 9.59 Å². The number of carbonyl (C=O) groups excluding carboxylic acids is 2. The Balaban J connectivity index is 1.37. The van der Waals surface area contributed by atoms with Crippen molar-refractivity contribution in [2.45, 2.75) is 32.7 Å². The van der Waals surface area contributed by atoms with E-state index in [4.69, 9.17) is 9.47 Å². The average molecular weight is 487 g/mol. The number of anilines is 1. The summed E-state index contributed by atoms with van der Waals surface area (Å²) in [6.45, 7) is 2.16. The van der Waals surface area contributed by atoms with Crippen molar-refractivity contribution in [2.75, 3.05) is 19.5 Å². The number of benzene rings is 3. The highest BCUT2D eigenvalue weighted by atomic mass is 16.5. The number of aryl methyl sites for hydroxylation is 2. The molecule has 0 saturated carbocycles. The normalized spacial score (nSPS) is 10.8. The fourth-order valence-electron chi connectivity index (χ4n) is 3.86. The van der Waals surface area contributed by atoms with Crippen LogP contribution < -0.4 is 20.1 Å². The van der Waals surface area contributed by atoms with Crippen LogP contribution in [0.5, 0.6) is 11.5 Å². The highest BCUT2D eigenvalue weighted by molar-refractivity contribution is 5.97. The number of ether oxygens (including phenoxy) is 2. The number of methoxy groups -OCH3 is 2. The largest absolute Gasteiger partial charge is 0.497 e. The monoisotopic (exact) mass is 486 g/mol. The van der Waals surface area contributed by atoms with E-state index in [1.165, 1.54) is 0 Å². The van der Waals surface area contributed by atoms with Crippen LogP contribution in [0.15, 0.2) is 60.7 Å². The van der Waals surface area contributed by atoms with Crippen LogP contribution in [0.1, 0.15) is 40.7 Å². The summed E-state index contributed by atoms with van der Waals surface area (Å²) < 4.78 is 10.6. The molecule has 8 heteroatoms. The Morgan fingerprint density at radius 3 is 2.47 bits per heavy atom. The molecule has 0 radical (unpaired) electrons. The third kappa shape index (κ3) is 6.02. The lowest BCUT2D eigenvalue weighted by Crippen LogP contribution is -2.23. The van der Waals surface area contributed by atoms with Crippen LogP contribution in [0.25, 0.3) is 11.0 Å². The van der Waals surface area contributed by atoms with Crippen LogP contribution in [0.2, 0.25) is 0 Å². The molecule has 0 unspecified atom stereocenters. The highest BCUT2D eigenvalue weighted by Crippen LogP contribution is 2.24. The molecule has 1 heterocycles. The van der Waals surface area contributed by atoms with Gasteiger partial charge in [-0.25, -0.2) is 4.98 Å². The molecule has 0 atom stereocenters. The lowest BCUT2D eigenvalue weighted by atomic mass is 10.1. The number of hydrogen-bond acceptors (Lipinski definition) is 5. The first-order valence-corrected chi connectivity index (χ1v) is 11.9. The van der Waals surface area contributed by atoms with Gasteiger partial charge in [-0.2, -0.15) is 0 Å². The number of H-pyrrole nitrogens is 1. The fraction of sp³-hybridized carbons (Fsp3) is 0.250. The van der Waals surface area contributed by atoms with Gasteiger partial charge in [-0.05, 0) is 54.4 Å². The zero-order valence-electron chi connectivity index (χ0n) is 20.7. The molecule has 0 spiro atoms. The molecule has 36 heavy (non-hydrogen) atoms. The van der Waals surface area contributed by atoms with Crippen LogP contribution in [-0.2, 0) is 24.2 Å². The smallest absolute Gasteiger partial charge is 0.251 e. The van der Waals surface area contributed by atoms with Crippen LogP contribution in [0.4, 0.5) is 5.69 Å². The van der Waals surface area contributed by atoms with Gasteiger partial charge in [0.1, 0.15) is 17.3 Å². The zero-order chi connectivity index (χ0) is 25.5. The van der Waals surface area contributed by atoms with E-state index in [0.717, 1.165) is 46.5 Å². The molecular weight excluding hydrogens is 456 g/mol. The van der Waals surface area contributed by atoms with E-state index >= 15 is 0 Å². The lowest BCUT2D eigenvalue weighted by Gasteiger charge is -2.11. The number of aromatic nitrogens is 2. The number of rotatable bonds is 10. The van der Waals surface area contributed by atoms with E-state index in [9.17, 15) is 9.59 Å².